The molecule has 2 heterocycles. The van der Waals surface area contributed by atoms with E-state index < -0.39 is 0 Å². The normalized spacial score (nSPS) is 11.5. The molecule has 0 unspecified atom stereocenters. The second-order valence-electron chi connectivity index (χ2n) is 6.02. The Kier molecular flexibility index (Phi) is 4.28. The largest absolute Gasteiger partial charge is 0.452 e. The molecule has 6 heteroatoms. The van der Waals surface area contributed by atoms with Gasteiger partial charge in [-0.2, -0.15) is 4.98 Å². The van der Waals surface area contributed by atoms with Gasteiger partial charge in [-0.3, -0.25) is 4.57 Å². The molecule has 2 aromatic carbocycles. The molecule has 0 saturated carbocycles. The number of aliphatic hydroxyl groups excluding tert-OH is 1. The quantitative estimate of drug-likeness (QED) is 0.599. The van der Waals surface area contributed by atoms with Gasteiger partial charge in [0.25, 0.3) is 0 Å². The van der Waals surface area contributed by atoms with Gasteiger partial charge in [0.05, 0.1) is 19.8 Å². The number of fused-ring (bicyclic) bond motifs is 3. The summed E-state index contributed by atoms with van der Waals surface area (Å²) in [6.45, 7) is 0.763. The first kappa shape index (κ1) is 16.5. The first-order valence-electron chi connectivity index (χ1n) is 8.34. The molecule has 0 fully saturated rings. The average Bonchev–Trinajstić information content (AvgIpc) is 3.06. The first-order chi connectivity index (χ1) is 12.7. The highest BCUT2D eigenvalue weighted by Gasteiger charge is 2.19. The van der Waals surface area contributed by atoms with Gasteiger partial charge in [0.1, 0.15) is 16.8 Å². The van der Waals surface area contributed by atoms with Crippen LogP contribution in [0.25, 0.3) is 33.3 Å². The van der Waals surface area contributed by atoms with Gasteiger partial charge >= 0.3 is 5.69 Å². The van der Waals surface area contributed by atoms with Crippen LogP contribution in [0.4, 0.5) is 0 Å². The topological polar surface area (TPSA) is 77.5 Å². The van der Waals surface area contributed by atoms with Crippen molar-refractivity contribution in [1.82, 2.24) is 9.55 Å². The summed E-state index contributed by atoms with van der Waals surface area (Å²) in [4.78, 5) is 17.0. The van der Waals surface area contributed by atoms with Crippen molar-refractivity contribution in [1.29, 1.82) is 0 Å². The number of hydrogen-bond donors (Lipinski definition) is 1. The molecule has 0 bridgehead atoms. The number of nitrogens with zero attached hydrogens (tertiary/aromatic N) is 2. The lowest BCUT2D eigenvalue weighted by atomic mass is 10.1. The molecule has 2 aromatic heterocycles. The standard InChI is InChI=1S/C20H18N2O4/c1-25-11-10-22-18-15-4-2-3-5-16(15)26-19(18)17(21-20(22)24)14-8-6-13(12-23)7-9-14/h2-9,23H,10-12H2,1H3. The fraction of sp³-hybridized carbons (Fsp3) is 0.200. The molecule has 1 N–H and O–H groups in total. The molecule has 0 aliphatic carbocycles. The smallest absolute Gasteiger partial charge is 0.348 e. The number of aliphatic hydroxyl groups is 1. The van der Waals surface area contributed by atoms with E-state index in [-0.39, 0.29) is 12.3 Å². The van der Waals surface area contributed by atoms with Crippen molar-refractivity contribution in [3.8, 4) is 11.3 Å². The number of methoxy groups -OCH3 is 1. The molecule has 0 saturated heterocycles. The van der Waals surface area contributed by atoms with Crippen molar-refractivity contribution < 1.29 is 14.3 Å². The summed E-state index contributed by atoms with van der Waals surface area (Å²) in [6, 6.07) is 14.9. The first-order valence-corrected chi connectivity index (χ1v) is 8.34. The van der Waals surface area contributed by atoms with Crippen LogP contribution in [0.5, 0.6) is 0 Å². The van der Waals surface area contributed by atoms with Crippen molar-refractivity contribution in [3.05, 3.63) is 64.6 Å². The van der Waals surface area contributed by atoms with Gasteiger partial charge in [-0.1, -0.05) is 36.4 Å². The molecule has 0 aliphatic heterocycles. The maximum Gasteiger partial charge on any atom is 0.348 e. The molecular formula is C20H18N2O4. The van der Waals surface area contributed by atoms with Crippen molar-refractivity contribution in [2.45, 2.75) is 13.2 Å². The van der Waals surface area contributed by atoms with E-state index in [9.17, 15) is 9.90 Å². The number of hydrogen-bond acceptors (Lipinski definition) is 5. The predicted octanol–water partition coefficient (Wildman–Crippen LogP) is 2.95. The van der Waals surface area contributed by atoms with Crippen LogP contribution >= 0.6 is 0 Å². The Bertz CT molecular complexity index is 1130. The fourth-order valence-corrected chi connectivity index (χ4v) is 3.12. The van der Waals surface area contributed by atoms with Crippen LogP contribution in [-0.4, -0.2) is 28.4 Å². The van der Waals surface area contributed by atoms with Crippen molar-refractivity contribution >= 4 is 22.1 Å². The highest BCUT2D eigenvalue weighted by atomic mass is 16.5. The Labute approximate surface area is 149 Å². The van der Waals surface area contributed by atoms with E-state index in [1.54, 1.807) is 11.7 Å². The second-order valence-corrected chi connectivity index (χ2v) is 6.02. The van der Waals surface area contributed by atoms with E-state index in [4.69, 9.17) is 9.15 Å². The summed E-state index contributed by atoms with van der Waals surface area (Å²) in [7, 11) is 1.60. The lowest BCUT2D eigenvalue weighted by Gasteiger charge is -2.09. The number of rotatable bonds is 5. The molecule has 4 rings (SSSR count). The number of benzene rings is 2. The Morgan fingerprint density at radius 2 is 1.92 bits per heavy atom. The van der Waals surface area contributed by atoms with E-state index >= 15 is 0 Å². The molecule has 6 nitrogen and oxygen atoms in total. The predicted molar refractivity (Wildman–Crippen MR) is 99.0 cm³/mol. The highest BCUT2D eigenvalue weighted by Crippen LogP contribution is 2.33. The lowest BCUT2D eigenvalue weighted by molar-refractivity contribution is 0.187. The third kappa shape index (κ3) is 2.69. The third-order valence-corrected chi connectivity index (χ3v) is 4.42. The summed E-state index contributed by atoms with van der Waals surface area (Å²) in [5, 5.41) is 10.1. The SMILES string of the molecule is COCCn1c(=O)nc(-c2ccc(CO)cc2)c2oc3ccccc3c21. The number of para-hydroxylation sites is 1. The Morgan fingerprint density at radius 3 is 2.65 bits per heavy atom. The van der Waals surface area contributed by atoms with Crippen molar-refractivity contribution in [2.75, 3.05) is 13.7 Å². The van der Waals surface area contributed by atoms with Gasteiger partial charge in [-0.15, -0.1) is 0 Å². The van der Waals surface area contributed by atoms with Crippen molar-refractivity contribution in [2.24, 2.45) is 0 Å². The van der Waals surface area contributed by atoms with Crippen LogP contribution in [0.3, 0.4) is 0 Å². The van der Waals surface area contributed by atoms with Gasteiger partial charge in [0.15, 0.2) is 5.58 Å². The lowest BCUT2D eigenvalue weighted by Crippen LogP contribution is -2.25. The van der Waals surface area contributed by atoms with E-state index in [1.165, 1.54) is 0 Å². The van der Waals surface area contributed by atoms with Gasteiger partial charge in [0, 0.05) is 18.1 Å². The van der Waals surface area contributed by atoms with Gasteiger partial charge < -0.3 is 14.3 Å². The van der Waals surface area contributed by atoms with E-state index in [0.29, 0.717) is 30.0 Å². The summed E-state index contributed by atoms with van der Waals surface area (Å²) in [5.74, 6) is 0. The number of aromatic nitrogens is 2. The zero-order valence-corrected chi connectivity index (χ0v) is 14.3. The summed E-state index contributed by atoms with van der Waals surface area (Å²) < 4.78 is 12.8. The number of furan rings is 1. The monoisotopic (exact) mass is 350 g/mol. The fourth-order valence-electron chi connectivity index (χ4n) is 3.12. The zero-order valence-electron chi connectivity index (χ0n) is 14.3. The maximum absolute atomic E-state index is 12.7. The molecule has 26 heavy (non-hydrogen) atoms. The van der Waals surface area contributed by atoms with Crippen LogP contribution in [0.2, 0.25) is 0 Å². The number of ether oxygens (including phenoxy) is 1. The van der Waals surface area contributed by atoms with Gasteiger partial charge in [-0.05, 0) is 17.7 Å². The molecular weight excluding hydrogens is 332 g/mol. The minimum Gasteiger partial charge on any atom is -0.452 e. The summed E-state index contributed by atoms with van der Waals surface area (Å²) in [6.07, 6.45) is 0. The Hall–Kier alpha value is -2.96. The minimum atomic E-state index is -0.345. The zero-order chi connectivity index (χ0) is 18.1. The summed E-state index contributed by atoms with van der Waals surface area (Å²) in [5.41, 5.74) is 3.71. The molecule has 132 valence electrons. The van der Waals surface area contributed by atoms with Crippen molar-refractivity contribution in [3.63, 3.8) is 0 Å². The molecule has 0 amide bonds. The molecule has 0 radical (unpaired) electrons. The van der Waals surface area contributed by atoms with E-state index in [1.807, 2.05) is 48.5 Å². The average molecular weight is 350 g/mol. The minimum absolute atomic E-state index is 0.0353. The van der Waals surface area contributed by atoms with Crippen LogP contribution in [-0.2, 0) is 17.9 Å². The van der Waals surface area contributed by atoms with E-state index in [0.717, 1.165) is 22.0 Å². The van der Waals surface area contributed by atoms with Gasteiger partial charge in [-0.25, -0.2) is 4.79 Å². The Morgan fingerprint density at radius 1 is 1.15 bits per heavy atom. The molecule has 0 aliphatic rings. The Balaban J connectivity index is 2.03. The maximum atomic E-state index is 12.7. The van der Waals surface area contributed by atoms with Gasteiger partial charge in [0.2, 0.25) is 0 Å². The molecule has 0 atom stereocenters. The van der Waals surface area contributed by atoms with Crippen LogP contribution < -0.4 is 5.69 Å². The highest BCUT2D eigenvalue weighted by molar-refractivity contribution is 6.06. The van der Waals surface area contributed by atoms with Crippen LogP contribution in [0, 0.1) is 0 Å². The third-order valence-electron chi connectivity index (χ3n) is 4.42. The molecule has 0 spiro atoms. The molecule has 4 aromatic rings. The summed E-state index contributed by atoms with van der Waals surface area (Å²) >= 11 is 0. The second kappa shape index (κ2) is 6.74. The van der Waals surface area contributed by atoms with Crippen LogP contribution in [0.15, 0.2) is 57.7 Å². The van der Waals surface area contributed by atoms with E-state index in [2.05, 4.69) is 4.98 Å². The van der Waals surface area contributed by atoms with Crippen LogP contribution in [0.1, 0.15) is 5.56 Å².